The van der Waals surface area contributed by atoms with Gasteiger partial charge >= 0.3 is 5.69 Å². The minimum atomic E-state index is -0.541. The maximum atomic E-state index is 12.4. The molecule has 2 aromatic rings. The Morgan fingerprint density at radius 2 is 1.77 bits per heavy atom. The van der Waals surface area contributed by atoms with Gasteiger partial charge in [0.25, 0.3) is 5.91 Å². The summed E-state index contributed by atoms with van der Waals surface area (Å²) in [5.41, 5.74) is 2.25. The number of hydrogen-bond donors (Lipinski definition) is 1. The van der Waals surface area contributed by atoms with Gasteiger partial charge in [0.15, 0.2) is 5.75 Å². The number of nitrogens with one attached hydrogen (secondary N) is 1. The molecular weight excluding hydrogens is 384 g/mol. The Bertz CT molecular complexity index is 877. The first-order valence-corrected chi connectivity index (χ1v) is 10.1. The molecule has 2 aromatic carbocycles. The van der Waals surface area contributed by atoms with Crippen LogP contribution in [-0.2, 0) is 13.1 Å². The van der Waals surface area contributed by atoms with Crippen LogP contribution in [0.15, 0.2) is 42.5 Å². The van der Waals surface area contributed by atoms with Crippen molar-refractivity contribution in [2.45, 2.75) is 20.0 Å². The summed E-state index contributed by atoms with van der Waals surface area (Å²) in [4.78, 5) is 27.9. The van der Waals surface area contributed by atoms with Crippen molar-refractivity contribution < 1.29 is 14.5 Å². The van der Waals surface area contributed by atoms with E-state index in [-0.39, 0.29) is 22.9 Å². The summed E-state index contributed by atoms with van der Waals surface area (Å²) in [6.07, 6.45) is 0. The van der Waals surface area contributed by atoms with Gasteiger partial charge in [-0.3, -0.25) is 19.8 Å². The third kappa shape index (κ3) is 5.77. The number of nitrogens with zero attached hydrogens (tertiary/aromatic N) is 3. The fraction of sp³-hybridized carbons (Fsp3) is 0.409. The first-order valence-electron chi connectivity index (χ1n) is 10.1. The Morgan fingerprint density at radius 1 is 1.10 bits per heavy atom. The van der Waals surface area contributed by atoms with Gasteiger partial charge in [-0.1, -0.05) is 24.3 Å². The van der Waals surface area contributed by atoms with Crippen LogP contribution < -0.4 is 10.1 Å². The topological polar surface area (TPSA) is 88.0 Å². The number of rotatable bonds is 8. The fourth-order valence-corrected chi connectivity index (χ4v) is 3.39. The SMILES string of the molecule is CCOc1ccc(C(=O)NCc2ccc(CN3CCN(C)CC3)cc2)cc1[N+](=O)[O-]. The van der Waals surface area contributed by atoms with Crippen molar-refractivity contribution in [3.05, 3.63) is 69.3 Å². The molecule has 1 N–H and O–H groups in total. The zero-order valence-electron chi connectivity index (χ0n) is 17.5. The lowest BCUT2D eigenvalue weighted by Gasteiger charge is -2.32. The molecule has 1 fully saturated rings. The number of likely N-dealkylation sites (N-methyl/N-ethyl adjacent to an activating group) is 1. The van der Waals surface area contributed by atoms with Gasteiger partial charge in [0.1, 0.15) is 0 Å². The van der Waals surface area contributed by atoms with Gasteiger partial charge in [-0.15, -0.1) is 0 Å². The third-order valence-electron chi connectivity index (χ3n) is 5.20. The maximum absolute atomic E-state index is 12.4. The summed E-state index contributed by atoms with van der Waals surface area (Å²) in [5, 5.41) is 14.0. The van der Waals surface area contributed by atoms with E-state index in [2.05, 4.69) is 34.3 Å². The molecule has 1 saturated heterocycles. The van der Waals surface area contributed by atoms with Crippen LogP contribution in [0.5, 0.6) is 5.75 Å². The summed E-state index contributed by atoms with van der Waals surface area (Å²) in [7, 11) is 2.14. The first-order chi connectivity index (χ1) is 14.5. The van der Waals surface area contributed by atoms with E-state index >= 15 is 0 Å². The number of ether oxygens (including phenoxy) is 1. The molecule has 0 aromatic heterocycles. The average molecular weight is 412 g/mol. The molecule has 1 heterocycles. The summed E-state index contributed by atoms with van der Waals surface area (Å²) in [5.74, 6) is -0.197. The van der Waals surface area contributed by atoms with Gasteiger partial charge in [-0.05, 0) is 37.2 Å². The predicted molar refractivity (Wildman–Crippen MR) is 115 cm³/mol. The highest BCUT2D eigenvalue weighted by atomic mass is 16.6. The molecule has 0 unspecified atom stereocenters. The minimum Gasteiger partial charge on any atom is -0.487 e. The molecule has 0 atom stereocenters. The lowest BCUT2D eigenvalue weighted by Crippen LogP contribution is -2.43. The molecule has 30 heavy (non-hydrogen) atoms. The Morgan fingerprint density at radius 3 is 2.40 bits per heavy atom. The molecule has 1 aliphatic heterocycles. The van der Waals surface area contributed by atoms with Gasteiger partial charge in [0.05, 0.1) is 11.5 Å². The first kappa shape index (κ1) is 21.7. The zero-order valence-corrected chi connectivity index (χ0v) is 17.5. The number of hydrogen-bond acceptors (Lipinski definition) is 6. The van der Waals surface area contributed by atoms with E-state index in [4.69, 9.17) is 4.74 Å². The Kier molecular flexibility index (Phi) is 7.37. The van der Waals surface area contributed by atoms with Crippen molar-refractivity contribution in [3.63, 3.8) is 0 Å². The largest absolute Gasteiger partial charge is 0.487 e. The number of benzene rings is 2. The number of carbonyl (C=O) groups is 1. The number of nitro benzene ring substituents is 1. The van der Waals surface area contributed by atoms with Crippen LogP contribution >= 0.6 is 0 Å². The Labute approximate surface area is 176 Å². The third-order valence-corrected chi connectivity index (χ3v) is 5.20. The molecule has 3 rings (SSSR count). The smallest absolute Gasteiger partial charge is 0.311 e. The van der Waals surface area contributed by atoms with Crippen LogP contribution in [0.3, 0.4) is 0 Å². The van der Waals surface area contributed by atoms with Crippen molar-refractivity contribution in [2.24, 2.45) is 0 Å². The molecule has 0 bridgehead atoms. The van der Waals surface area contributed by atoms with Gasteiger partial charge < -0.3 is 15.0 Å². The monoisotopic (exact) mass is 412 g/mol. The Hall–Kier alpha value is -2.97. The van der Waals surface area contributed by atoms with E-state index < -0.39 is 4.92 Å². The van der Waals surface area contributed by atoms with Crippen LogP contribution in [0.2, 0.25) is 0 Å². The van der Waals surface area contributed by atoms with Crippen LogP contribution in [-0.4, -0.2) is 60.5 Å². The van der Waals surface area contributed by atoms with Crippen molar-refractivity contribution >= 4 is 11.6 Å². The quantitative estimate of drug-likeness (QED) is 0.530. The second-order valence-electron chi connectivity index (χ2n) is 7.45. The zero-order chi connectivity index (χ0) is 21.5. The van der Waals surface area contributed by atoms with Crippen LogP contribution in [0.1, 0.15) is 28.4 Å². The lowest BCUT2D eigenvalue weighted by molar-refractivity contribution is -0.385. The van der Waals surface area contributed by atoms with E-state index in [1.165, 1.54) is 23.8 Å². The van der Waals surface area contributed by atoms with Gasteiger partial charge in [-0.25, -0.2) is 0 Å². The van der Waals surface area contributed by atoms with E-state index in [1.807, 2.05) is 12.1 Å². The summed E-state index contributed by atoms with van der Waals surface area (Å²) >= 11 is 0. The van der Waals surface area contributed by atoms with Crippen molar-refractivity contribution in [1.29, 1.82) is 0 Å². The molecule has 0 radical (unpaired) electrons. The minimum absolute atomic E-state index is 0.162. The molecule has 0 aliphatic carbocycles. The standard InChI is InChI=1S/C22H28N4O4/c1-3-30-21-9-8-19(14-20(21)26(28)29)22(27)23-15-17-4-6-18(7-5-17)16-25-12-10-24(2)11-13-25/h4-9,14H,3,10-13,15-16H2,1-2H3,(H,23,27). The number of nitro groups is 1. The molecule has 0 saturated carbocycles. The molecule has 1 amide bonds. The second-order valence-corrected chi connectivity index (χ2v) is 7.45. The van der Waals surface area contributed by atoms with E-state index in [0.717, 1.165) is 38.3 Å². The molecule has 8 nitrogen and oxygen atoms in total. The average Bonchev–Trinajstić information content (AvgIpc) is 2.75. The number of piperazine rings is 1. The van der Waals surface area contributed by atoms with Gasteiger partial charge in [0, 0.05) is 50.9 Å². The lowest BCUT2D eigenvalue weighted by atomic mass is 10.1. The Balaban J connectivity index is 1.55. The van der Waals surface area contributed by atoms with Gasteiger partial charge in [-0.2, -0.15) is 0 Å². The van der Waals surface area contributed by atoms with Crippen LogP contribution in [0, 0.1) is 10.1 Å². The molecular formula is C22H28N4O4. The van der Waals surface area contributed by atoms with Crippen LogP contribution in [0.25, 0.3) is 0 Å². The maximum Gasteiger partial charge on any atom is 0.311 e. The molecule has 160 valence electrons. The van der Waals surface area contributed by atoms with E-state index in [1.54, 1.807) is 6.92 Å². The molecule has 1 aliphatic rings. The fourth-order valence-electron chi connectivity index (χ4n) is 3.39. The van der Waals surface area contributed by atoms with Crippen molar-refractivity contribution in [2.75, 3.05) is 39.8 Å². The van der Waals surface area contributed by atoms with Crippen molar-refractivity contribution in [1.82, 2.24) is 15.1 Å². The molecule has 8 heteroatoms. The number of amides is 1. The van der Waals surface area contributed by atoms with Crippen molar-refractivity contribution in [3.8, 4) is 5.75 Å². The predicted octanol–water partition coefficient (Wildman–Crippen LogP) is 2.67. The second kappa shape index (κ2) is 10.2. The highest BCUT2D eigenvalue weighted by Gasteiger charge is 2.18. The van der Waals surface area contributed by atoms with E-state index in [9.17, 15) is 14.9 Å². The highest BCUT2D eigenvalue weighted by molar-refractivity contribution is 5.95. The number of carbonyl (C=O) groups excluding carboxylic acids is 1. The summed E-state index contributed by atoms with van der Waals surface area (Å²) in [6, 6.07) is 12.4. The molecule has 0 spiro atoms. The van der Waals surface area contributed by atoms with E-state index in [0.29, 0.717) is 13.2 Å². The summed E-state index contributed by atoms with van der Waals surface area (Å²) < 4.78 is 5.25. The van der Waals surface area contributed by atoms with Gasteiger partial charge in [0.2, 0.25) is 0 Å². The highest BCUT2D eigenvalue weighted by Crippen LogP contribution is 2.28. The normalized spacial score (nSPS) is 15.0. The van der Waals surface area contributed by atoms with Crippen LogP contribution in [0.4, 0.5) is 5.69 Å². The summed E-state index contributed by atoms with van der Waals surface area (Å²) in [6.45, 7) is 7.68.